The number of sulfonamides is 1. The Balaban J connectivity index is 2.09. The van der Waals surface area contributed by atoms with Crippen LogP contribution in [0, 0.1) is 0 Å². The van der Waals surface area contributed by atoms with Gasteiger partial charge in [0.25, 0.3) is 10.0 Å². The van der Waals surface area contributed by atoms with Gasteiger partial charge in [-0.05, 0) is 35.3 Å². The fourth-order valence-electron chi connectivity index (χ4n) is 1.87. The number of rotatable bonds is 5. The van der Waals surface area contributed by atoms with Crippen molar-refractivity contribution in [3.8, 4) is 0 Å². The third kappa shape index (κ3) is 4.76. The van der Waals surface area contributed by atoms with E-state index in [0.29, 0.717) is 11.6 Å². The third-order valence-corrected chi connectivity index (χ3v) is 4.09. The van der Waals surface area contributed by atoms with Gasteiger partial charge in [0.05, 0.1) is 5.41 Å². The fourth-order valence-corrected chi connectivity index (χ4v) is 2.74. The van der Waals surface area contributed by atoms with Crippen molar-refractivity contribution in [3.05, 3.63) is 71.1 Å². The molecule has 0 aliphatic rings. The Hall–Kier alpha value is -2.07. The molecule has 21 heavy (non-hydrogen) atoms. The average molecular weight is 301 g/mol. The van der Waals surface area contributed by atoms with Crippen molar-refractivity contribution in [2.45, 2.75) is 19.8 Å². The molecule has 0 heterocycles. The standard InChI is InChI=1S/C17H19NO2S/c1-14(2)16-8-10-17(11-9-16)18-21(19,20)13-12-15-6-4-3-5-7-15/h3-14,18H,1-2H3. The van der Waals surface area contributed by atoms with Crippen LogP contribution in [0.4, 0.5) is 5.69 Å². The van der Waals surface area contributed by atoms with Crippen LogP contribution in [-0.4, -0.2) is 8.42 Å². The van der Waals surface area contributed by atoms with Gasteiger partial charge in [0.2, 0.25) is 0 Å². The molecule has 0 atom stereocenters. The Morgan fingerprint density at radius 2 is 1.57 bits per heavy atom. The zero-order chi connectivity index (χ0) is 15.3. The van der Waals surface area contributed by atoms with Gasteiger partial charge in [0.1, 0.15) is 0 Å². The number of hydrogen-bond acceptors (Lipinski definition) is 2. The molecule has 0 amide bonds. The van der Waals surface area contributed by atoms with Gasteiger partial charge in [-0.2, -0.15) is 0 Å². The van der Waals surface area contributed by atoms with E-state index in [4.69, 9.17) is 0 Å². The summed E-state index contributed by atoms with van der Waals surface area (Å²) in [4.78, 5) is 0. The zero-order valence-corrected chi connectivity index (χ0v) is 13.0. The van der Waals surface area contributed by atoms with Crippen molar-refractivity contribution in [2.24, 2.45) is 0 Å². The number of benzene rings is 2. The van der Waals surface area contributed by atoms with Crippen LogP contribution in [0.25, 0.3) is 6.08 Å². The normalized spacial score (nSPS) is 12.0. The summed E-state index contributed by atoms with van der Waals surface area (Å²) in [5.41, 5.74) is 2.59. The predicted molar refractivity (Wildman–Crippen MR) is 88.5 cm³/mol. The monoisotopic (exact) mass is 301 g/mol. The maximum absolute atomic E-state index is 12.0. The molecule has 0 fully saturated rings. The zero-order valence-electron chi connectivity index (χ0n) is 12.2. The molecule has 1 N–H and O–H groups in total. The minimum absolute atomic E-state index is 0.425. The summed E-state index contributed by atoms with van der Waals surface area (Å²) < 4.78 is 26.5. The summed E-state index contributed by atoms with van der Waals surface area (Å²) in [7, 11) is -3.50. The molecule has 0 saturated heterocycles. The average Bonchev–Trinajstić information content (AvgIpc) is 2.46. The first-order valence-electron chi connectivity index (χ1n) is 6.82. The van der Waals surface area contributed by atoms with E-state index in [1.807, 2.05) is 42.5 Å². The molecule has 3 nitrogen and oxygen atoms in total. The SMILES string of the molecule is CC(C)c1ccc(NS(=O)(=O)C=Cc2ccccc2)cc1. The molecular formula is C17H19NO2S. The van der Waals surface area contributed by atoms with E-state index >= 15 is 0 Å². The Morgan fingerprint density at radius 1 is 0.952 bits per heavy atom. The van der Waals surface area contributed by atoms with Crippen molar-refractivity contribution < 1.29 is 8.42 Å². The lowest BCUT2D eigenvalue weighted by atomic mass is 10.0. The number of anilines is 1. The molecule has 4 heteroatoms. The van der Waals surface area contributed by atoms with Crippen molar-refractivity contribution in [1.29, 1.82) is 0 Å². The first-order valence-corrected chi connectivity index (χ1v) is 8.37. The third-order valence-electron chi connectivity index (χ3n) is 3.08. The summed E-state index contributed by atoms with van der Waals surface area (Å²) in [6.45, 7) is 4.20. The lowest BCUT2D eigenvalue weighted by Gasteiger charge is -2.08. The van der Waals surface area contributed by atoms with Gasteiger partial charge in [-0.3, -0.25) is 4.72 Å². The van der Waals surface area contributed by atoms with E-state index in [9.17, 15) is 8.42 Å². The second-order valence-corrected chi connectivity index (χ2v) is 6.70. The van der Waals surface area contributed by atoms with Crippen LogP contribution in [-0.2, 0) is 10.0 Å². The van der Waals surface area contributed by atoms with Gasteiger partial charge in [-0.15, -0.1) is 0 Å². The van der Waals surface area contributed by atoms with Gasteiger partial charge >= 0.3 is 0 Å². The smallest absolute Gasteiger partial charge is 0.255 e. The van der Waals surface area contributed by atoms with Crippen LogP contribution in [0.1, 0.15) is 30.9 Å². The second-order valence-electron chi connectivity index (χ2n) is 5.14. The van der Waals surface area contributed by atoms with E-state index in [0.717, 1.165) is 5.56 Å². The maximum atomic E-state index is 12.0. The van der Waals surface area contributed by atoms with Crippen LogP contribution in [0.3, 0.4) is 0 Å². The summed E-state index contributed by atoms with van der Waals surface area (Å²) >= 11 is 0. The second kappa shape index (κ2) is 6.59. The summed E-state index contributed by atoms with van der Waals surface area (Å²) in [5, 5.41) is 1.18. The topological polar surface area (TPSA) is 46.2 Å². The summed E-state index contributed by atoms with van der Waals surface area (Å²) in [6.07, 6.45) is 1.57. The van der Waals surface area contributed by atoms with Crippen molar-refractivity contribution in [2.75, 3.05) is 4.72 Å². The Kier molecular flexibility index (Phi) is 4.81. The molecule has 110 valence electrons. The number of nitrogens with one attached hydrogen (secondary N) is 1. The molecule has 0 bridgehead atoms. The van der Waals surface area contributed by atoms with E-state index in [1.54, 1.807) is 18.2 Å². The minimum Gasteiger partial charge on any atom is -0.280 e. The molecule has 2 aromatic carbocycles. The van der Waals surface area contributed by atoms with E-state index in [-0.39, 0.29) is 0 Å². The molecule has 0 unspecified atom stereocenters. The van der Waals surface area contributed by atoms with Gasteiger partial charge < -0.3 is 0 Å². The quantitative estimate of drug-likeness (QED) is 0.898. The molecule has 0 saturated carbocycles. The first-order chi connectivity index (χ1) is 9.96. The fraction of sp³-hybridized carbons (Fsp3) is 0.176. The van der Waals surface area contributed by atoms with Crippen molar-refractivity contribution in [1.82, 2.24) is 0 Å². The van der Waals surface area contributed by atoms with Crippen molar-refractivity contribution in [3.63, 3.8) is 0 Å². The molecule has 0 aromatic heterocycles. The molecule has 0 aliphatic carbocycles. The molecule has 0 spiro atoms. The predicted octanol–water partition coefficient (Wildman–Crippen LogP) is 4.22. The highest BCUT2D eigenvalue weighted by atomic mass is 32.2. The molecule has 0 aliphatic heterocycles. The van der Waals surface area contributed by atoms with Crippen LogP contribution < -0.4 is 4.72 Å². The Bertz CT molecular complexity index is 702. The molecule has 2 rings (SSSR count). The van der Waals surface area contributed by atoms with Gasteiger partial charge in [-0.25, -0.2) is 8.42 Å². The van der Waals surface area contributed by atoms with Gasteiger partial charge in [0, 0.05) is 5.69 Å². The van der Waals surface area contributed by atoms with E-state index < -0.39 is 10.0 Å². The van der Waals surface area contributed by atoms with Gasteiger partial charge in [0.15, 0.2) is 0 Å². The Labute approximate surface area is 126 Å². The lowest BCUT2D eigenvalue weighted by Crippen LogP contribution is -2.08. The highest BCUT2D eigenvalue weighted by Crippen LogP contribution is 2.18. The lowest BCUT2D eigenvalue weighted by molar-refractivity contribution is 0.609. The molecule has 2 aromatic rings. The van der Waals surface area contributed by atoms with Crippen LogP contribution in [0.5, 0.6) is 0 Å². The van der Waals surface area contributed by atoms with Crippen molar-refractivity contribution >= 4 is 21.8 Å². The summed E-state index contributed by atoms with van der Waals surface area (Å²) in [6, 6.07) is 16.8. The molecular weight excluding hydrogens is 282 g/mol. The summed E-state index contributed by atoms with van der Waals surface area (Å²) in [5.74, 6) is 0.425. The first kappa shape index (κ1) is 15.3. The Morgan fingerprint density at radius 3 is 2.14 bits per heavy atom. The van der Waals surface area contributed by atoms with Gasteiger partial charge in [-0.1, -0.05) is 56.3 Å². The van der Waals surface area contributed by atoms with Crippen LogP contribution >= 0.6 is 0 Å². The minimum atomic E-state index is -3.50. The molecule has 0 radical (unpaired) electrons. The number of hydrogen-bond donors (Lipinski definition) is 1. The highest BCUT2D eigenvalue weighted by Gasteiger charge is 2.06. The van der Waals surface area contributed by atoms with Crippen LogP contribution in [0.2, 0.25) is 0 Å². The largest absolute Gasteiger partial charge is 0.280 e. The maximum Gasteiger partial charge on any atom is 0.255 e. The van der Waals surface area contributed by atoms with Crippen LogP contribution in [0.15, 0.2) is 60.0 Å². The van der Waals surface area contributed by atoms with E-state index in [1.165, 1.54) is 11.0 Å². The highest BCUT2D eigenvalue weighted by molar-refractivity contribution is 7.95. The van der Waals surface area contributed by atoms with E-state index in [2.05, 4.69) is 18.6 Å².